The Hall–Kier alpha value is -1.59. The maximum Gasteiger partial charge on any atom is 0.377 e. The molecule has 1 aliphatic carbocycles. The number of rotatable bonds is 3. The minimum atomic E-state index is -0.550. The molecule has 0 unspecified atom stereocenters. The van der Waals surface area contributed by atoms with Crippen LogP contribution in [0.5, 0.6) is 0 Å². The smallest absolute Gasteiger partial charge is 0.377 e. The van der Waals surface area contributed by atoms with E-state index >= 15 is 0 Å². The van der Waals surface area contributed by atoms with Crippen LogP contribution in [0.15, 0.2) is 18.2 Å². The average Bonchev–Trinajstić information content (AvgIpc) is 3.00. The van der Waals surface area contributed by atoms with Crippen LogP contribution in [0.4, 0.5) is 0 Å². The van der Waals surface area contributed by atoms with Gasteiger partial charge in [-0.05, 0) is 31.0 Å². The molecule has 0 aliphatic heterocycles. The van der Waals surface area contributed by atoms with E-state index in [4.69, 9.17) is 27.9 Å². The molecule has 122 valence electrons. The number of esters is 1. The standard InChI is InChI=1S/C16H17Cl2N3O2/c1-23-16(22)14-19-15(10-5-3-2-4-6-10)21(20-14)13-8-7-11(17)9-12(13)18/h7-10H,2-6H2,1H3. The van der Waals surface area contributed by atoms with Crippen molar-refractivity contribution in [3.63, 3.8) is 0 Å². The van der Waals surface area contributed by atoms with Crippen LogP contribution in [0.3, 0.4) is 0 Å². The van der Waals surface area contributed by atoms with Crippen molar-refractivity contribution in [2.24, 2.45) is 0 Å². The molecule has 1 aromatic heterocycles. The summed E-state index contributed by atoms with van der Waals surface area (Å²) in [6.45, 7) is 0. The van der Waals surface area contributed by atoms with Gasteiger partial charge in [0.1, 0.15) is 5.82 Å². The monoisotopic (exact) mass is 353 g/mol. The van der Waals surface area contributed by atoms with E-state index in [1.165, 1.54) is 13.5 Å². The lowest BCUT2D eigenvalue weighted by molar-refractivity contribution is 0.0587. The molecule has 5 nitrogen and oxygen atoms in total. The summed E-state index contributed by atoms with van der Waals surface area (Å²) in [5, 5.41) is 5.34. The number of methoxy groups -OCH3 is 1. The number of halogens is 2. The van der Waals surface area contributed by atoms with Crippen molar-refractivity contribution in [1.82, 2.24) is 14.8 Å². The van der Waals surface area contributed by atoms with Gasteiger partial charge in [-0.15, -0.1) is 5.10 Å². The van der Waals surface area contributed by atoms with E-state index in [9.17, 15) is 4.79 Å². The van der Waals surface area contributed by atoms with Crippen LogP contribution in [0.25, 0.3) is 5.69 Å². The Kier molecular flexibility index (Phi) is 4.87. The van der Waals surface area contributed by atoms with Gasteiger partial charge in [0.05, 0.1) is 17.8 Å². The van der Waals surface area contributed by atoms with Crippen LogP contribution in [0, 0.1) is 0 Å². The number of aromatic nitrogens is 3. The Morgan fingerprint density at radius 2 is 2.00 bits per heavy atom. The van der Waals surface area contributed by atoms with Crippen molar-refractivity contribution in [2.75, 3.05) is 7.11 Å². The van der Waals surface area contributed by atoms with Gasteiger partial charge in [-0.1, -0.05) is 42.5 Å². The summed E-state index contributed by atoms with van der Waals surface area (Å²) in [6, 6.07) is 5.18. The number of carbonyl (C=O) groups excluding carboxylic acids is 1. The fourth-order valence-corrected chi connectivity index (χ4v) is 3.45. The Bertz CT molecular complexity index is 724. The Labute approximate surface area is 144 Å². The number of ether oxygens (including phenoxy) is 1. The third kappa shape index (κ3) is 3.35. The van der Waals surface area contributed by atoms with Crippen LogP contribution >= 0.6 is 23.2 Å². The lowest BCUT2D eigenvalue weighted by Gasteiger charge is -2.21. The molecule has 0 saturated heterocycles. The summed E-state index contributed by atoms with van der Waals surface area (Å²) >= 11 is 12.3. The molecule has 1 aliphatic rings. The Balaban J connectivity index is 2.09. The molecule has 7 heteroatoms. The summed E-state index contributed by atoms with van der Waals surface area (Å²) in [4.78, 5) is 16.2. The number of carbonyl (C=O) groups is 1. The first kappa shape index (κ1) is 16.3. The van der Waals surface area contributed by atoms with Crippen molar-refractivity contribution in [3.05, 3.63) is 39.9 Å². The molecule has 0 amide bonds. The number of hydrogen-bond donors (Lipinski definition) is 0. The van der Waals surface area contributed by atoms with Gasteiger partial charge >= 0.3 is 5.97 Å². The molecule has 0 bridgehead atoms. The maximum atomic E-state index is 11.8. The second kappa shape index (κ2) is 6.89. The number of benzene rings is 1. The van der Waals surface area contributed by atoms with E-state index in [0.29, 0.717) is 15.7 Å². The fraction of sp³-hybridized carbons (Fsp3) is 0.438. The van der Waals surface area contributed by atoms with E-state index in [0.717, 1.165) is 31.5 Å². The molecule has 0 spiro atoms. The van der Waals surface area contributed by atoms with E-state index in [2.05, 4.69) is 10.1 Å². The van der Waals surface area contributed by atoms with Crippen LogP contribution < -0.4 is 0 Å². The predicted octanol–water partition coefficient (Wildman–Crippen LogP) is 4.41. The number of nitrogens with zero attached hydrogens (tertiary/aromatic N) is 3. The second-order valence-electron chi connectivity index (χ2n) is 5.63. The van der Waals surface area contributed by atoms with E-state index in [1.807, 2.05) is 0 Å². The van der Waals surface area contributed by atoms with Crippen LogP contribution in [-0.2, 0) is 4.74 Å². The summed E-state index contributed by atoms with van der Waals surface area (Å²) in [6.07, 6.45) is 5.60. The second-order valence-corrected chi connectivity index (χ2v) is 6.47. The third-order valence-corrected chi connectivity index (χ3v) is 4.65. The molecule has 0 radical (unpaired) electrons. The molecule has 3 rings (SSSR count). The zero-order chi connectivity index (χ0) is 16.4. The molecular formula is C16H17Cl2N3O2. The van der Waals surface area contributed by atoms with Crippen molar-refractivity contribution < 1.29 is 9.53 Å². The van der Waals surface area contributed by atoms with E-state index < -0.39 is 5.97 Å². The van der Waals surface area contributed by atoms with Crippen molar-refractivity contribution in [2.45, 2.75) is 38.0 Å². The first-order chi connectivity index (χ1) is 11.1. The molecule has 1 fully saturated rings. The highest BCUT2D eigenvalue weighted by Crippen LogP contribution is 2.34. The zero-order valence-electron chi connectivity index (χ0n) is 12.8. The van der Waals surface area contributed by atoms with Crippen LogP contribution in [0.1, 0.15) is 54.5 Å². The first-order valence-electron chi connectivity index (χ1n) is 7.61. The van der Waals surface area contributed by atoms with E-state index in [1.54, 1.807) is 22.9 Å². The highest BCUT2D eigenvalue weighted by molar-refractivity contribution is 6.35. The molecule has 0 atom stereocenters. The molecule has 1 saturated carbocycles. The van der Waals surface area contributed by atoms with Gasteiger partial charge in [-0.2, -0.15) is 0 Å². The summed E-state index contributed by atoms with van der Waals surface area (Å²) in [5.41, 5.74) is 0.666. The van der Waals surface area contributed by atoms with E-state index in [-0.39, 0.29) is 11.7 Å². The highest BCUT2D eigenvalue weighted by atomic mass is 35.5. The van der Waals surface area contributed by atoms with Gasteiger partial charge in [0.15, 0.2) is 0 Å². The van der Waals surface area contributed by atoms with Crippen LogP contribution in [0.2, 0.25) is 10.0 Å². The normalized spacial score (nSPS) is 15.6. The van der Waals surface area contributed by atoms with Gasteiger partial charge in [0.2, 0.25) is 0 Å². The van der Waals surface area contributed by atoms with Gasteiger partial charge in [0.25, 0.3) is 5.82 Å². The zero-order valence-corrected chi connectivity index (χ0v) is 14.3. The van der Waals surface area contributed by atoms with Crippen LogP contribution in [-0.4, -0.2) is 27.8 Å². The number of hydrogen-bond acceptors (Lipinski definition) is 4. The summed E-state index contributed by atoms with van der Waals surface area (Å²) < 4.78 is 6.40. The molecule has 1 heterocycles. The van der Waals surface area contributed by atoms with Gasteiger partial charge in [-0.25, -0.2) is 14.5 Å². The quantitative estimate of drug-likeness (QED) is 0.766. The van der Waals surface area contributed by atoms with Crippen molar-refractivity contribution in [3.8, 4) is 5.69 Å². The molecular weight excluding hydrogens is 337 g/mol. The van der Waals surface area contributed by atoms with Crippen molar-refractivity contribution in [1.29, 1.82) is 0 Å². The minimum absolute atomic E-state index is 0.0547. The largest absolute Gasteiger partial charge is 0.463 e. The fourth-order valence-electron chi connectivity index (χ4n) is 2.96. The molecule has 23 heavy (non-hydrogen) atoms. The topological polar surface area (TPSA) is 57.0 Å². The summed E-state index contributed by atoms with van der Waals surface area (Å²) in [5.74, 6) is 0.528. The Morgan fingerprint density at radius 1 is 1.26 bits per heavy atom. The third-order valence-electron chi connectivity index (χ3n) is 4.11. The lowest BCUT2D eigenvalue weighted by Crippen LogP contribution is -2.12. The predicted molar refractivity (Wildman–Crippen MR) is 88.5 cm³/mol. The lowest BCUT2D eigenvalue weighted by atomic mass is 9.88. The highest BCUT2D eigenvalue weighted by Gasteiger charge is 2.26. The molecule has 2 aromatic rings. The Morgan fingerprint density at radius 3 is 2.65 bits per heavy atom. The van der Waals surface area contributed by atoms with Crippen molar-refractivity contribution >= 4 is 29.2 Å². The SMILES string of the molecule is COC(=O)c1nc(C2CCCCC2)n(-c2ccc(Cl)cc2Cl)n1. The van der Waals surface area contributed by atoms with Gasteiger partial charge < -0.3 is 4.74 Å². The average molecular weight is 354 g/mol. The van der Waals surface area contributed by atoms with Gasteiger partial charge in [-0.3, -0.25) is 0 Å². The molecule has 1 aromatic carbocycles. The summed E-state index contributed by atoms with van der Waals surface area (Å²) in [7, 11) is 1.32. The minimum Gasteiger partial charge on any atom is -0.463 e. The first-order valence-corrected chi connectivity index (χ1v) is 8.36. The molecule has 0 N–H and O–H groups in total. The maximum absolute atomic E-state index is 11.8. The van der Waals surface area contributed by atoms with Gasteiger partial charge in [0, 0.05) is 10.9 Å².